The first kappa shape index (κ1) is 15.8. The predicted molar refractivity (Wildman–Crippen MR) is 93.9 cm³/mol. The highest BCUT2D eigenvalue weighted by Crippen LogP contribution is 2.17. The molecule has 0 unspecified atom stereocenters. The van der Waals surface area contributed by atoms with Crippen LogP contribution in [0.3, 0.4) is 0 Å². The van der Waals surface area contributed by atoms with E-state index >= 15 is 0 Å². The average molecular weight is 321 g/mol. The first-order chi connectivity index (χ1) is 11.7. The zero-order valence-corrected chi connectivity index (χ0v) is 13.7. The number of aromatic nitrogens is 2. The Kier molecular flexibility index (Phi) is 4.61. The van der Waals surface area contributed by atoms with Crippen LogP contribution in [0.4, 0.5) is 5.69 Å². The molecule has 122 valence electrons. The second kappa shape index (κ2) is 7.00. The topological polar surface area (TPSA) is 56.1 Å². The highest BCUT2D eigenvalue weighted by molar-refractivity contribution is 6.04. The summed E-state index contributed by atoms with van der Waals surface area (Å²) in [6.07, 6.45) is 1.75. The molecule has 0 aliphatic rings. The molecule has 0 spiro atoms. The Morgan fingerprint density at radius 2 is 1.79 bits per heavy atom. The molecule has 0 bridgehead atoms. The zero-order chi connectivity index (χ0) is 16.9. The maximum Gasteiger partial charge on any atom is 0.255 e. The van der Waals surface area contributed by atoms with Crippen molar-refractivity contribution < 1.29 is 9.53 Å². The van der Waals surface area contributed by atoms with Crippen molar-refractivity contribution in [2.45, 2.75) is 13.8 Å². The van der Waals surface area contributed by atoms with Gasteiger partial charge in [0.15, 0.2) is 0 Å². The third-order valence-electron chi connectivity index (χ3n) is 3.63. The van der Waals surface area contributed by atoms with Crippen molar-refractivity contribution in [3.63, 3.8) is 0 Å². The van der Waals surface area contributed by atoms with Crippen molar-refractivity contribution in [1.29, 1.82) is 0 Å². The zero-order valence-electron chi connectivity index (χ0n) is 13.7. The molecule has 2 aromatic carbocycles. The van der Waals surface area contributed by atoms with Crippen LogP contribution < -0.4 is 10.1 Å². The molecular weight excluding hydrogens is 302 g/mol. The minimum atomic E-state index is -0.150. The quantitative estimate of drug-likeness (QED) is 0.777. The molecular formula is C19H19N3O2. The van der Waals surface area contributed by atoms with Crippen molar-refractivity contribution in [1.82, 2.24) is 9.78 Å². The maximum absolute atomic E-state index is 12.3. The van der Waals surface area contributed by atoms with Crippen molar-refractivity contribution in [2.75, 3.05) is 11.9 Å². The summed E-state index contributed by atoms with van der Waals surface area (Å²) in [4.78, 5) is 12.3. The summed E-state index contributed by atoms with van der Waals surface area (Å²) in [5, 5.41) is 7.13. The van der Waals surface area contributed by atoms with E-state index < -0.39 is 0 Å². The lowest BCUT2D eigenvalue weighted by Gasteiger charge is -2.08. The van der Waals surface area contributed by atoms with Crippen LogP contribution >= 0.6 is 0 Å². The summed E-state index contributed by atoms with van der Waals surface area (Å²) in [5.41, 5.74) is 3.30. The molecule has 1 amide bonds. The maximum atomic E-state index is 12.3. The molecule has 1 aromatic heterocycles. The van der Waals surface area contributed by atoms with E-state index in [1.165, 1.54) is 0 Å². The van der Waals surface area contributed by atoms with E-state index in [0.29, 0.717) is 12.2 Å². The second-order valence-electron chi connectivity index (χ2n) is 5.34. The molecule has 1 heterocycles. The predicted octanol–water partition coefficient (Wildman–Crippen LogP) is 3.83. The van der Waals surface area contributed by atoms with Gasteiger partial charge in [0.05, 0.1) is 12.3 Å². The van der Waals surface area contributed by atoms with Gasteiger partial charge in [-0.05, 0) is 68.4 Å². The van der Waals surface area contributed by atoms with Gasteiger partial charge >= 0.3 is 0 Å². The first-order valence-electron chi connectivity index (χ1n) is 7.82. The van der Waals surface area contributed by atoms with Gasteiger partial charge in [-0.15, -0.1) is 0 Å². The van der Waals surface area contributed by atoms with Crippen LogP contribution in [0.1, 0.15) is 23.0 Å². The van der Waals surface area contributed by atoms with Crippen LogP contribution in [0.5, 0.6) is 5.75 Å². The van der Waals surface area contributed by atoms with Crippen LogP contribution in [-0.4, -0.2) is 22.3 Å². The Bertz CT molecular complexity index is 821. The molecule has 0 saturated heterocycles. The number of amides is 1. The number of aryl methyl sites for hydroxylation is 1. The number of ether oxygens (including phenoxy) is 1. The number of nitrogens with one attached hydrogen (secondary N) is 1. The molecule has 0 saturated carbocycles. The number of carbonyl (C=O) groups is 1. The minimum absolute atomic E-state index is 0.150. The number of hydrogen-bond acceptors (Lipinski definition) is 3. The molecule has 3 rings (SSSR count). The Balaban J connectivity index is 1.70. The van der Waals surface area contributed by atoms with Crippen LogP contribution in [0.15, 0.2) is 60.8 Å². The smallest absolute Gasteiger partial charge is 0.255 e. The lowest BCUT2D eigenvalue weighted by atomic mass is 10.2. The van der Waals surface area contributed by atoms with E-state index in [-0.39, 0.29) is 5.91 Å². The highest BCUT2D eigenvalue weighted by Gasteiger charge is 2.07. The molecule has 5 heteroatoms. The Morgan fingerprint density at radius 3 is 2.38 bits per heavy atom. The number of carbonyl (C=O) groups excluding carboxylic acids is 1. The van der Waals surface area contributed by atoms with Gasteiger partial charge in [-0.3, -0.25) is 4.79 Å². The molecule has 0 aliphatic heterocycles. The number of rotatable bonds is 5. The SMILES string of the molecule is CCOc1ccc(NC(=O)c2ccc(-n3nccc3C)cc2)cc1. The second-order valence-corrected chi connectivity index (χ2v) is 5.34. The van der Waals surface area contributed by atoms with E-state index in [0.717, 1.165) is 22.8 Å². The van der Waals surface area contributed by atoms with Crippen molar-refractivity contribution in [2.24, 2.45) is 0 Å². The normalized spacial score (nSPS) is 10.4. The van der Waals surface area contributed by atoms with Gasteiger partial charge in [-0.2, -0.15) is 5.10 Å². The molecule has 0 radical (unpaired) electrons. The first-order valence-corrected chi connectivity index (χ1v) is 7.82. The van der Waals surface area contributed by atoms with Gasteiger partial charge in [-0.25, -0.2) is 4.68 Å². The number of benzene rings is 2. The molecule has 3 aromatic rings. The largest absolute Gasteiger partial charge is 0.494 e. The third kappa shape index (κ3) is 3.46. The monoisotopic (exact) mass is 321 g/mol. The molecule has 1 N–H and O–H groups in total. The third-order valence-corrected chi connectivity index (χ3v) is 3.63. The number of nitrogens with zero attached hydrogens (tertiary/aromatic N) is 2. The van der Waals surface area contributed by atoms with Crippen LogP contribution in [0.25, 0.3) is 5.69 Å². The summed E-state index contributed by atoms with van der Waals surface area (Å²) >= 11 is 0. The molecule has 5 nitrogen and oxygen atoms in total. The molecule has 0 aliphatic carbocycles. The molecule has 0 atom stereocenters. The number of hydrogen-bond donors (Lipinski definition) is 1. The van der Waals surface area contributed by atoms with Gasteiger partial charge in [0, 0.05) is 23.1 Å². The lowest BCUT2D eigenvalue weighted by Crippen LogP contribution is -2.12. The van der Waals surface area contributed by atoms with Crippen molar-refractivity contribution in [3.8, 4) is 11.4 Å². The fourth-order valence-electron chi connectivity index (χ4n) is 2.40. The van der Waals surface area contributed by atoms with Crippen LogP contribution in [0.2, 0.25) is 0 Å². The summed E-state index contributed by atoms with van der Waals surface area (Å²) in [5.74, 6) is 0.636. The van der Waals surface area contributed by atoms with Gasteiger partial charge in [0.2, 0.25) is 0 Å². The Labute approximate surface area is 140 Å². The highest BCUT2D eigenvalue weighted by atomic mass is 16.5. The minimum Gasteiger partial charge on any atom is -0.494 e. The van der Waals surface area contributed by atoms with Gasteiger partial charge in [0.1, 0.15) is 5.75 Å². The van der Waals surface area contributed by atoms with Gasteiger partial charge in [-0.1, -0.05) is 0 Å². The standard InChI is InChI=1S/C19H19N3O2/c1-3-24-18-10-6-16(7-11-18)21-19(23)15-4-8-17(9-5-15)22-14(2)12-13-20-22/h4-13H,3H2,1-2H3,(H,21,23). The fourth-order valence-corrected chi connectivity index (χ4v) is 2.40. The van der Waals surface area contributed by atoms with Crippen LogP contribution in [0, 0.1) is 6.92 Å². The van der Waals surface area contributed by atoms with Crippen molar-refractivity contribution >= 4 is 11.6 Å². The summed E-state index contributed by atoms with van der Waals surface area (Å²) in [6, 6.07) is 16.6. The van der Waals surface area contributed by atoms with Crippen LogP contribution in [-0.2, 0) is 0 Å². The lowest BCUT2D eigenvalue weighted by molar-refractivity contribution is 0.102. The Morgan fingerprint density at radius 1 is 1.08 bits per heavy atom. The van der Waals surface area contributed by atoms with E-state index in [1.54, 1.807) is 18.3 Å². The Hall–Kier alpha value is -3.08. The van der Waals surface area contributed by atoms with E-state index in [4.69, 9.17) is 4.74 Å². The molecule has 0 fully saturated rings. The summed E-state index contributed by atoms with van der Waals surface area (Å²) in [6.45, 7) is 4.54. The summed E-state index contributed by atoms with van der Waals surface area (Å²) < 4.78 is 7.22. The van der Waals surface area contributed by atoms with E-state index in [9.17, 15) is 4.79 Å². The summed E-state index contributed by atoms with van der Waals surface area (Å²) in [7, 11) is 0. The van der Waals surface area contributed by atoms with Gasteiger partial charge < -0.3 is 10.1 Å². The molecule has 24 heavy (non-hydrogen) atoms. The van der Waals surface area contributed by atoms with Crippen molar-refractivity contribution in [3.05, 3.63) is 72.1 Å². The fraction of sp³-hybridized carbons (Fsp3) is 0.158. The van der Waals surface area contributed by atoms with Gasteiger partial charge in [0.25, 0.3) is 5.91 Å². The number of anilines is 1. The van der Waals surface area contributed by atoms with E-state index in [1.807, 2.05) is 61.0 Å². The average Bonchev–Trinajstić information content (AvgIpc) is 3.03. The van der Waals surface area contributed by atoms with E-state index in [2.05, 4.69) is 10.4 Å².